The molecular formula is C32H26ClN5O7. The predicted octanol–water partition coefficient (Wildman–Crippen LogP) is 4.95. The number of hydrogen-bond donors (Lipinski definition) is 3. The molecule has 0 amide bonds. The van der Waals surface area contributed by atoms with Crippen LogP contribution in [0, 0.1) is 0 Å². The maximum atomic E-state index is 13.0. The number of halogens is 1. The molecule has 1 unspecified atom stereocenters. The molecule has 4 N–H and O–H groups in total. The van der Waals surface area contributed by atoms with Crippen LogP contribution in [0.1, 0.15) is 61.3 Å². The second-order valence-electron chi connectivity index (χ2n) is 10.7. The van der Waals surface area contributed by atoms with Gasteiger partial charge in [-0.2, -0.15) is 9.97 Å². The van der Waals surface area contributed by atoms with Gasteiger partial charge in [0.05, 0.1) is 23.0 Å². The van der Waals surface area contributed by atoms with Crippen molar-refractivity contribution in [3.05, 3.63) is 118 Å². The lowest BCUT2D eigenvalue weighted by atomic mass is 9.65. The van der Waals surface area contributed by atoms with Crippen molar-refractivity contribution in [3.8, 4) is 0 Å². The molecular weight excluding hydrogens is 602 g/mol. The number of rotatable bonds is 8. The highest BCUT2D eigenvalue weighted by Gasteiger charge is 2.58. The number of carbonyl (C=O) groups excluding carboxylic acids is 1. The van der Waals surface area contributed by atoms with Crippen LogP contribution in [-0.2, 0) is 14.9 Å². The number of esters is 1. The zero-order chi connectivity index (χ0) is 31.9. The van der Waals surface area contributed by atoms with Crippen LogP contribution in [0.4, 0.5) is 5.95 Å². The first-order valence-electron chi connectivity index (χ1n) is 13.8. The molecule has 1 aliphatic rings. The average molecular weight is 628 g/mol. The molecule has 1 saturated heterocycles. The molecule has 0 spiro atoms. The Hall–Kier alpha value is -5.33. The smallest absolute Gasteiger partial charge is 0.338 e. The number of imidazole rings is 1. The Kier molecular flexibility index (Phi) is 7.69. The molecule has 6 rings (SSSR count). The number of carboxylic acid groups (broad SMARTS) is 2. The number of anilines is 1. The summed E-state index contributed by atoms with van der Waals surface area (Å²) in [5.41, 5.74) is 6.02. The molecule has 0 aliphatic carbocycles. The number of hydrogen-bond acceptors (Lipinski definition) is 9. The fourth-order valence-electron chi connectivity index (χ4n) is 6.23. The first kappa shape index (κ1) is 29.7. The van der Waals surface area contributed by atoms with E-state index in [9.17, 15) is 24.6 Å². The summed E-state index contributed by atoms with van der Waals surface area (Å²) in [6.45, 7) is 1.48. The molecule has 0 saturated carbocycles. The van der Waals surface area contributed by atoms with Gasteiger partial charge in [-0.3, -0.25) is 4.57 Å². The van der Waals surface area contributed by atoms with Gasteiger partial charge in [0.1, 0.15) is 24.5 Å². The van der Waals surface area contributed by atoms with E-state index in [1.807, 2.05) is 0 Å². The third-order valence-electron chi connectivity index (χ3n) is 8.14. The number of fused-ring (bicyclic) bond motifs is 1. The molecule has 1 fully saturated rings. The van der Waals surface area contributed by atoms with Gasteiger partial charge in [0.2, 0.25) is 5.95 Å². The van der Waals surface area contributed by atoms with Gasteiger partial charge in [-0.05, 0) is 35.4 Å². The number of aromatic carboxylic acids is 2. The zero-order valence-electron chi connectivity index (χ0n) is 23.7. The Bertz CT molecular complexity index is 1950. The summed E-state index contributed by atoms with van der Waals surface area (Å²) in [7, 11) is 0. The van der Waals surface area contributed by atoms with Gasteiger partial charge < -0.3 is 25.4 Å². The Labute approximate surface area is 261 Å². The Morgan fingerprint density at radius 1 is 0.956 bits per heavy atom. The minimum atomic E-state index is -1.33. The summed E-state index contributed by atoms with van der Waals surface area (Å²) in [5.74, 6) is -3.99. The number of benzene rings is 3. The molecule has 3 heterocycles. The minimum Gasteiger partial charge on any atom is -0.478 e. The lowest BCUT2D eigenvalue weighted by Crippen LogP contribution is -2.38. The Morgan fingerprint density at radius 3 is 2.31 bits per heavy atom. The highest BCUT2D eigenvalue weighted by atomic mass is 35.5. The Balaban J connectivity index is 1.59. The summed E-state index contributed by atoms with van der Waals surface area (Å²) in [5, 5.41) is 20.5. The largest absolute Gasteiger partial charge is 0.478 e. The van der Waals surface area contributed by atoms with Crippen LogP contribution in [0.25, 0.3) is 11.2 Å². The van der Waals surface area contributed by atoms with E-state index in [1.54, 1.807) is 78.2 Å². The van der Waals surface area contributed by atoms with Crippen LogP contribution in [0.2, 0.25) is 5.15 Å². The quantitative estimate of drug-likeness (QED) is 0.156. The zero-order valence-corrected chi connectivity index (χ0v) is 24.5. The van der Waals surface area contributed by atoms with Crippen LogP contribution < -0.4 is 5.73 Å². The second-order valence-corrected chi connectivity index (χ2v) is 11.0. The summed E-state index contributed by atoms with van der Waals surface area (Å²) < 4.78 is 14.0. The summed E-state index contributed by atoms with van der Waals surface area (Å²) in [4.78, 5) is 50.9. The molecule has 2 aromatic heterocycles. The molecule has 3 aromatic carbocycles. The van der Waals surface area contributed by atoms with Crippen LogP contribution in [0.3, 0.4) is 0 Å². The van der Waals surface area contributed by atoms with Crippen LogP contribution in [0.5, 0.6) is 0 Å². The topological polar surface area (TPSA) is 180 Å². The molecule has 13 heteroatoms. The van der Waals surface area contributed by atoms with Crippen LogP contribution >= 0.6 is 11.6 Å². The first-order valence-corrected chi connectivity index (χ1v) is 14.2. The molecule has 0 bridgehead atoms. The van der Waals surface area contributed by atoms with Crippen LogP contribution in [0.15, 0.2) is 85.2 Å². The third-order valence-corrected chi connectivity index (χ3v) is 8.40. The number of carboxylic acids is 2. The van der Waals surface area contributed by atoms with E-state index < -0.39 is 41.6 Å². The number of nitrogens with two attached hydrogens (primary N) is 1. The van der Waals surface area contributed by atoms with Gasteiger partial charge >= 0.3 is 17.9 Å². The van der Waals surface area contributed by atoms with E-state index in [0.717, 1.165) is 0 Å². The SMILES string of the molecule is C[C@@]1(c2ccccc2C(=O)O)C(n2cnc3c(Cl)nc(N)nc32)O[C@@H](COC(=O)c2ccccc2)[C@@H]1c1ccccc1C(=O)O. The minimum absolute atomic E-state index is 0.00278. The fraction of sp³-hybridized carbons (Fsp3) is 0.188. The van der Waals surface area contributed by atoms with E-state index in [1.165, 1.54) is 18.5 Å². The third kappa shape index (κ3) is 5.13. The highest BCUT2D eigenvalue weighted by Crippen LogP contribution is 2.57. The Morgan fingerprint density at radius 2 is 1.60 bits per heavy atom. The van der Waals surface area contributed by atoms with Crippen molar-refractivity contribution >= 4 is 46.6 Å². The van der Waals surface area contributed by atoms with Gasteiger partial charge in [-0.25, -0.2) is 19.4 Å². The van der Waals surface area contributed by atoms with E-state index in [-0.39, 0.29) is 40.0 Å². The summed E-state index contributed by atoms with van der Waals surface area (Å²) in [6.07, 6.45) is -0.613. The molecule has 12 nitrogen and oxygen atoms in total. The van der Waals surface area contributed by atoms with Crippen molar-refractivity contribution < 1.29 is 34.1 Å². The standard InChI is InChI=1S/C32H26ClN5O7/c1-32(21-14-8-7-13-20(21)28(41)42)23(18-11-5-6-12-19(18)27(39)40)22(15-44-29(43)17-9-3-2-4-10-17)45-30(32)38-16-35-24-25(33)36-31(34)37-26(24)38/h2-14,16,22-23,30H,15H2,1H3,(H,39,40)(H,41,42)(H2,34,36,37)/t22-,23-,30?,32-/m0/s1. The number of carbonyl (C=O) groups is 3. The van der Waals surface area contributed by atoms with Gasteiger partial charge in [0, 0.05) is 11.3 Å². The van der Waals surface area contributed by atoms with Crippen LogP contribution in [-0.4, -0.2) is 60.4 Å². The van der Waals surface area contributed by atoms with E-state index in [4.69, 9.17) is 26.8 Å². The first-order chi connectivity index (χ1) is 21.6. The predicted molar refractivity (Wildman–Crippen MR) is 162 cm³/mol. The number of nitrogen functional groups attached to an aromatic ring is 1. The number of aromatic nitrogens is 4. The van der Waals surface area contributed by atoms with Gasteiger partial charge in [0.15, 0.2) is 10.8 Å². The van der Waals surface area contributed by atoms with Crippen molar-refractivity contribution in [2.75, 3.05) is 12.3 Å². The maximum absolute atomic E-state index is 13.0. The van der Waals surface area contributed by atoms with E-state index in [0.29, 0.717) is 16.7 Å². The van der Waals surface area contributed by atoms with Crippen molar-refractivity contribution in [1.82, 2.24) is 19.5 Å². The van der Waals surface area contributed by atoms with Crippen molar-refractivity contribution in [1.29, 1.82) is 0 Å². The average Bonchev–Trinajstić information content (AvgIpc) is 3.58. The molecule has 228 valence electrons. The van der Waals surface area contributed by atoms with Crippen molar-refractivity contribution in [3.63, 3.8) is 0 Å². The van der Waals surface area contributed by atoms with Crippen molar-refractivity contribution in [2.45, 2.75) is 30.6 Å². The lowest BCUT2D eigenvalue weighted by molar-refractivity contribution is -0.0432. The number of nitrogens with zero attached hydrogens (tertiary/aromatic N) is 4. The molecule has 5 aromatic rings. The fourth-order valence-corrected chi connectivity index (χ4v) is 6.45. The molecule has 0 radical (unpaired) electrons. The molecule has 1 aliphatic heterocycles. The monoisotopic (exact) mass is 627 g/mol. The number of ether oxygens (including phenoxy) is 2. The highest BCUT2D eigenvalue weighted by molar-refractivity contribution is 6.33. The lowest BCUT2D eigenvalue weighted by Gasteiger charge is -2.38. The van der Waals surface area contributed by atoms with Crippen molar-refractivity contribution in [2.24, 2.45) is 0 Å². The van der Waals surface area contributed by atoms with E-state index >= 15 is 0 Å². The maximum Gasteiger partial charge on any atom is 0.338 e. The van der Waals surface area contributed by atoms with Gasteiger partial charge in [0.25, 0.3) is 0 Å². The summed E-state index contributed by atoms with van der Waals surface area (Å²) in [6, 6.07) is 21.2. The molecule has 4 atom stereocenters. The second kappa shape index (κ2) is 11.6. The molecule has 45 heavy (non-hydrogen) atoms. The normalized spacial score (nSPS) is 21.1. The van der Waals surface area contributed by atoms with Gasteiger partial charge in [-0.15, -0.1) is 0 Å². The van der Waals surface area contributed by atoms with Gasteiger partial charge in [-0.1, -0.05) is 73.1 Å². The van der Waals surface area contributed by atoms with E-state index in [2.05, 4.69) is 15.0 Å². The summed E-state index contributed by atoms with van der Waals surface area (Å²) >= 11 is 6.34.